The van der Waals surface area contributed by atoms with Crippen molar-refractivity contribution in [3.8, 4) is 0 Å². The molecule has 0 bridgehead atoms. The summed E-state index contributed by atoms with van der Waals surface area (Å²) in [5.41, 5.74) is 2.33. The Morgan fingerprint density at radius 2 is 1.52 bits per heavy atom. The average Bonchev–Trinajstić information content (AvgIpc) is 2.97. The Labute approximate surface area is 136 Å². The maximum absolute atomic E-state index is 12.2. The average molecular weight is 311 g/mol. The fourth-order valence-electron chi connectivity index (χ4n) is 2.96. The Bertz CT molecular complexity index is 588. The van der Waals surface area contributed by atoms with E-state index in [4.69, 9.17) is 9.47 Å². The number of nitrogens with zero attached hydrogens (tertiary/aromatic N) is 1. The number of hydrogen-bond acceptors (Lipinski definition) is 4. The van der Waals surface area contributed by atoms with Crippen LogP contribution in [0.25, 0.3) is 0 Å². The van der Waals surface area contributed by atoms with Gasteiger partial charge in [-0.3, -0.25) is 9.69 Å². The van der Waals surface area contributed by atoms with Gasteiger partial charge in [0, 0.05) is 20.2 Å². The van der Waals surface area contributed by atoms with E-state index in [0.717, 1.165) is 11.1 Å². The molecule has 4 nitrogen and oxygen atoms in total. The summed E-state index contributed by atoms with van der Waals surface area (Å²) in [6, 6.07) is 19.9. The molecule has 1 fully saturated rings. The van der Waals surface area contributed by atoms with E-state index in [1.54, 1.807) is 7.11 Å². The Hall–Kier alpha value is -2.17. The lowest BCUT2D eigenvalue weighted by atomic mass is 10.1. The van der Waals surface area contributed by atoms with Crippen molar-refractivity contribution in [2.45, 2.75) is 25.2 Å². The van der Waals surface area contributed by atoms with E-state index in [2.05, 4.69) is 29.2 Å². The first kappa shape index (κ1) is 15.7. The van der Waals surface area contributed by atoms with Crippen LogP contribution in [0.2, 0.25) is 0 Å². The molecule has 0 N–H and O–H groups in total. The van der Waals surface area contributed by atoms with Crippen LogP contribution >= 0.6 is 0 Å². The molecular formula is C19H21NO3. The molecule has 0 aliphatic carbocycles. The molecule has 0 radical (unpaired) electrons. The van der Waals surface area contributed by atoms with Crippen molar-refractivity contribution in [3.05, 3.63) is 71.8 Å². The zero-order valence-electron chi connectivity index (χ0n) is 13.2. The molecule has 1 aliphatic rings. The summed E-state index contributed by atoms with van der Waals surface area (Å²) in [6.45, 7) is 1.67. The van der Waals surface area contributed by atoms with Crippen molar-refractivity contribution < 1.29 is 14.3 Å². The third kappa shape index (κ3) is 3.78. The second kappa shape index (κ2) is 7.40. The van der Waals surface area contributed by atoms with E-state index in [1.165, 1.54) is 0 Å². The molecule has 3 rings (SSSR count). The number of benzene rings is 2. The van der Waals surface area contributed by atoms with Crippen molar-refractivity contribution >= 4 is 5.97 Å². The quantitative estimate of drug-likeness (QED) is 0.769. The van der Waals surface area contributed by atoms with Gasteiger partial charge in [-0.1, -0.05) is 60.7 Å². The number of rotatable bonds is 6. The summed E-state index contributed by atoms with van der Waals surface area (Å²) in [7, 11) is 1.63. The lowest BCUT2D eigenvalue weighted by molar-refractivity contribution is -0.143. The largest absolute Gasteiger partial charge is 0.462 e. The monoisotopic (exact) mass is 311 g/mol. The van der Waals surface area contributed by atoms with Crippen molar-refractivity contribution in [2.75, 3.05) is 13.7 Å². The topological polar surface area (TPSA) is 38.8 Å². The molecule has 2 aromatic carbocycles. The standard InChI is InChI=1S/C19H21NO3/c1-22-17-14-23-19(21)18(17)20(12-15-8-4-2-5-9-15)13-16-10-6-3-7-11-16/h2-11,17-18H,12-14H2,1H3. The van der Waals surface area contributed by atoms with Crippen LogP contribution in [0.5, 0.6) is 0 Å². The van der Waals surface area contributed by atoms with Gasteiger partial charge in [0.05, 0.1) is 0 Å². The van der Waals surface area contributed by atoms with Crippen molar-refractivity contribution in [1.29, 1.82) is 0 Å². The summed E-state index contributed by atoms with van der Waals surface area (Å²) >= 11 is 0. The molecule has 4 heteroatoms. The van der Waals surface area contributed by atoms with Gasteiger partial charge in [-0.25, -0.2) is 0 Å². The molecular weight excluding hydrogens is 290 g/mol. The Kier molecular flexibility index (Phi) is 5.05. The molecule has 0 aromatic heterocycles. The highest BCUT2D eigenvalue weighted by Gasteiger charge is 2.41. The minimum Gasteiger partial charge on any atom is -0.462 e. The van der Waals surface area contributed by atoms with Crippen LogP contribution in [0.15, 0.2) is 60.7 Å². The molecule has 2 unspecified atom stereocenters. The predicted molar refractivity (Wildman–Crippen MR) is 87.7 cm³/mol. The van der Waals surface area contributed by atoms with Gasteiger partial charge < -0.3 is 9.47 Å². The Morgan fingerprint density at radius 3 is 2.00 bits per heavy atom. The Morgan fingerprint density at radius 1 is 1.00 bits per heavy atom. The van der Waals surface area contributed by atoms with Crippen molar-refractivity contribution in [2.24, 2.45) is 0 Å². The summed E-state index contributed by atoms with van der Waals surface area (Å²) in [5.74, 6) is -0.205. The van der Waals surface area contributed by atoms with Gasteiger partial charge in [-0.15, -0.1) is 0 Å². The molecule has 23 heavy (non-hydrogen) atoms. The van der Waals surface area contributed by atoms with Gasteiger partial charge in [0.2, 0.25) is 0 Å². The highest BCUT2D eigenvalue weighted by Crippen LogP contribution is 2.22. The fraction of sp³-hybridized carbons (Fsp3) is 0.316. The maximum atomic E-state index is 12.2. The number of ether oxygens (including phenoxy) is 2. The van der Waals surface area contributed by atoms with Gasteiger partial charge in [-0.05, 0) is 11.1 Å². The van der Waals surface area contributed by atoms with Crippen molar-refractivity contribution in [1.82, 2.24) is 4.90 Å². The first-order chi connectivity index (χ1) is 11.3. The fourth-order valence-corrected chi connectivity index (χ4v) is 2.96. The van der Waals surface area contributed by atoms with Gasteiger partial charge >= 0.3 is 5.97 Å². The molecule has 0 saturated carbocycles. The van der Waals surface area contributed by atoms with Crippen LogP contribution in [0.4, 0.5) is 0 Å². The zero-order chi connectivity index (χ0) is 16.1. The maximum Gasteiger partial charge on any atom is 0.326 e. The molecule has 2 atom stereocenters. The van der Waals surface area contributed by atoms with Crippen LogP contribution in [0.1, 0.15) is 11.1 Å². The molecule has 1 aliphatic heterocycles. The third-order valence-electron chi connectivity index (χ3n) is 4.14. The van der Waals surface area contributed by atoms with E-state index in [0.29, 0.717) is 19.7 Å². The number of hydrogen-bond donors (Lipinski definition) is 0. The first-order valence-electron chi connectivity index (χ1n) is 7.79. The second-order valence-electron chi connectivity index (χ2n) is 5.73. The Balaban J connectivity index is 1.84. The normalized spacial score (nSPS) is 20.7. The second-order valence-corrected chi connectivity index (χ2v) is 5.73. The van der Waals surface area contributed by atoms with Gasteiger partial charge in [0.15, 0.2) is 0 Å². The van der Waals surface area contributed by atoms with E-state index in [-0.39, 0.29) is 18.1 Å². The summed E-state index contributed by atoms with van der Waals surface area (Å²) in [4.78, 5) is 14.4. The lowest BCUT2D eigenvalue weighted by Gasteiger charge is -2.29. The molecule has 120 valence electrons. The minimum absolute atomic E-state index is 0.205. The van der Waals surface area contributed by atoms with Gasteiger partial charge in [0.25, 0.3) is 0 Å². The summed E-state index contributed by atoms with van der Waals surface area (Å²) in [6.07, 6.45) is -0.227. The van der Waals surface area contributed by atoms with Gasteiger partial charge in [-0.2, -0.15) is 0 Å². The molecule has 1 heterocycles. The van der Waals surface area contributed by atoms with E-state index < -0.39 is 0 Å². The molecule has 0 spiro atoms. The molecule has 1 saturated heterocycles. The highest BCUT2D eigenvalue weighted by molar-refractivity contribution is 5.78. The summed E-state index contributed by atoms with van der Waals surface area (Å²) in [5, 5.41) is 0. The number of esters is 1. The smallest absolute Gasteiger partial charge is 0.326 e. The summed E-state index contributed by atoms with van der Waals surface area (Å²) < 4.78 is 10.7. The van der Waals surface area contributed by atoms with Crippen LogP contribution in [-0.4, -0.2) is 36.7 Å². The van der Waals surface area contributed by atoms with Crippen LogP contribution in [0.3, 0.4) is 0 Å². The molecule has 2 aromatic rings. The number of carbonyl (C=O) groups is 1. The van der Waals surface area contributed by atoms with Crippen LogP contribution < -0.4 is 0 Å². The minimum atomic E-state index is -0.375. The van der Waals surface area contributed by atoms with Gasteiger partial charge in [0.1, 0.15) is 18.8 Å². The highest BCUT2D eigenvalue weighted by atomic mass is 16.6. The van der Waals surface area contributed by atoms with Crippen LogP contribution in [0, 0.1) is 0 Å². The van der Waals surface area contributed by atoms with E-state index >= 15 is 0 Å². The van der Waals surface area contributed by atoms with Crippen LogP contribution in [-0.2, 0) is 27.4 Å². The predicted octanol–water partition coefficient (Wildman–Crippen LogP) is 2.63. The van der Waals surface area contributed by atoms with Crippen molar-refractivity contribution in [3.63, 3.8) is 0 Å². The number of carbonyl (C=O) groups excluding carboxylic acids is 1. The number of methoxy groups -OCH3 is 1. The first-order valence-corrected chi connectivity index (χ1v) is 7.79. The lowest BCUT2D eigenvalue weighted by Crippen LogP contribution is -2.45. The SMILES string of the molecule is COC1COC(=O)C1N(Cc1ccccc1)Cc1ccccc1. The van der Waals surface area contributed by atoms with E-state index in [1.807, 2.05) is 36.4 Å². The van der Waals surface area contributed by atoms with E-state index in [9.17, 15) is 4.79 Å². The molecule has 0 amide bonds. The third-order valence-corrected chi connectivity index (χ3v) is 4.14. The number of cyclic esters (lactones) is 1. The zero-order valence-corrected chi connectivity index (χ0v) is 13.2.